The normalized spacial score (nSPS) is 12.0. The minimum Gasteiger partial charge on any atom is -0.206 e. The van der Waals surface area contributed by atoms with Gasteiger partial charge in [0.05, 0.1) is 5.56 Å². The third kappa shape index (κ3) is 5.28. The molecule has 0 aromatic heterocycles. The van der Waals surface area contributed by atoms with E-state index < -0.39 is 57.7 Å². The zero-order valence-electron chi connectivity index (χ0n) is 19.3. The van der Waals surface area contributed by atoms with Gasteiger partial charge in [-0.25, -0.2) is 35.1 Å². The largest absolute Gasteiger partial charge is 0.206 e. The standard InChI is InChI=1S/C29H18F8/c1-2-3-15-4-6-16(7-5-15)17-8-9-20(21(30)10-17)18-11-22(31)26(23(32)12-18)29(37)27(35)19-13-24(33)28(36)25(34)14-19/h4-14H,2-3H2,1H3. The topological polar surface area (TPSA) is 0 Å². The van der Waals surface area contributed by atoms with Crippen molar-refractivity contribution < 1.29 is 35.1 Å². The minimum atomic E-state index is -2.10. The van der Waals surface area contributed by atoms with E-state index >= 15 is 0 Å². The summed E-state index contributed by atoms with van der Waals surface area (Å²) in [6.07, 6.45) is 1.88. The molecule has 0 aliphatic rings. The van der Waals surface area contributed by atoms with Gasteiger partial charge in [-0.1, -0.05) is 49.7 Å². The van der Waals surface area contributed by atoms with Crippen LogP contribution in [0.3, 0.4) is 0 Å². The number of rotatable bonds is 6. The highest BCUT2D eigenvalue weighted by molar-refractivity contribution is 5.84. The Morgan fingerprint density at radius 3 is 1.65 bits per heavy atom. The molecule has 0 bridgehead atoms. The lowest BCUT2D eigenvalue weighted by Gasteiger charge is -2.11. The Kier molecular flexibility index (Phi) is 7.47. The molecule has 0 amide bonds. The number of hydrogen-bond donors (Lipinski definition) is 0. The third-order valence-corrected chi connectivity index (χ3v) is 5.80. The van der Waals surface area contributed by atoms with E-state index in [-0.39, 0.29) is 23.3 Å². The summed E-state index contributed by atoms with van der Waals surface area (Å²) >= 11 is 0. The van der Waals surface area contributed by atoms with E-state index in [1.807, 2.05) is 24.3 Å². The van der Waals surface area contributed by atoms with Crippen molar-refractivity contribution in [2.45, 2.75) is 19.8 Å². The van der Waals surface area contributed by atoms with Gasteiger partial charge in [0.25, 0.3) is 0 Å². The van der Waals surface area contributed by atoms with E-state index in [0.717, 1.165) is 24.0 Å². The number of halogens is 8. The van der Waals surface area contributed by atoms with Crippen LogP contribution in [-0.4, -0.2) is 0 Å². The van der Waals surface area contributed by atoms with Crippen molar-refractivity contribution in [2.24, 2.45) is 0 Å². The van der Waals surface area contributed by atoms with Crippen LogP contribution < -0.4 is 0 Å². The van der Waals surface area contributed by atoms with Crippen molar-refractivity contribution in [1.82, 2.24) is 0 Å². The van der Waals surface area contributed by atoms with Crippen molar-refractivity contribution in [3.63, 3.8) is 0 Å². The quantitative estimate of drug-likeness (QED) is 0.135. The Morgan fingerprint density at radius 2 is 1.11 bits per heavy atom. The van der Waals surface area contributed by atoms with Gasteiger partial charge in [-0.15, -0.1) is 0 Å². The number of aryl methyl sites for hydroxylation is 1. The number of hydrogen-bond acceptors (Lipinski definition) is 0. The van der Waals surface area contributed by atoms with Gasteiger partial charge in [-0.2, -0.15) is 0 Å². The molecule has 4 rings (SSSR count). The lowest BCUT2D eigenvalue weighted by molar-refractivity contribution is 0.446. The van der Waals surface area contributed by atoms with Crippen molar-refractivity contribution in [1.29, 1.82) is 0 Å². The van der Waals surface area contributed by atoms with Crippen LogP contribution >= 0.6 is 0 Å². The summed E-state index contributed by atoms with van der Waals surface area (Å²) in [7, 11) is 0. The fourth-order valence-electron chi connectivity index (χ4n) is 3.94. The zero-order valence-corrected chi connectivity index (χ0v) is 19.3. The third-order valence-electron chi connectivity index (χ3n) is 5.80. The molecule has 0 fully saturated rings. The molecular weight excluding hydrogens is 500 g/mol. The van der Waals surface area contributed by atoms with Crippen molar-refractivity contribution in [3.05, 3.63) is 118 Å². The highest BCUT2D eigenvalue weighted by Crippen LogP contribution is 2.36. The summed E-state index contributed by atoms with van der Waals surface area (Å²) in [5.74, 6) is -13.6. The predicted octanol–water partition coefficient (Wildman–Crippen LogP) is 9.57. The molecule has 0 aliphatic carbocycles. The van der Waals surface area contributed by atoms with Crippen molar-refractivity contribution in [3.8, 4) is 22.3 Å². The van der Waals surface area contributed by atoms with E-state index in [2.05, 4.69) is 6.92 Å². The molecule has 0 N–H and O–H groups in total. The van der Waals surface area contributed by atoms with Crippen LogP contribution in [0.2, 0.25) is 0 Å². The molecule has 0 nitrogen and oxygen atoms in total. The van der Waals surface area contributed by atoms with E-state index in [1.165, 1.54) is 12.1 Å². The molecule has 0 radical (unpaired) electrons. The molecule has 0 aliphatic heterocycles. The van der Waals surface area contributed by atoms with Gasteiger partial charge in [0.1, 0.15) is 17.5 Å². The highest BCUT2D eigenvalue weighted by atomic mass is 19.2. The second kappa shape index (κ2) is 10.6. The molecule has 4 aromatic rings. The molecular formula is C29H18F8. The van der Waals surface area contributed by atoms with Crippen molar-refractivity contribution in [2.75, 3.05) is 0 Å². The monoisotopic (exact) mass is 518 g/mol. The Morgan fingerprint density at radius 1 is 0.568 bits per heavy atom. The first-order valence-corrected chi connectivity index (χ1v) is 11.2. The highest BCUT2D eigenvalue weighted by Gasteiger charge is 2.23. The first-order valence-electron chi connectivity index (χ1n) is 11.2. The minimum absolute atomic E-state index is 0.145. The van der Waals surface area contributed by atoms with Gasteiger partial charge in [0, 0.05) is 11.1 Å². The van der Waals surface area contributed by atoms with Gasteiger partial charge in [0.15, 0.2) is 29.1 Å². The van der Waals surface area contributed by atoms with Gasteiger partial charge in [0.2, 0.25) is 0 Å². The van der Waals surface area contributed by atoms with Crippen LogP contribution in [-0.2, 0) is 6.42 Å². The van der Waals surface area contributed by atoms with Crippen LogP contribution in [0.5, 0.6) is 0 Å². The Balaban J connectivity index is 1.69. The Hall–Kier alpha value is -3.94. The summed E-state index contributed by atoms with van der Waals surface area (Å²) in [5, 5.41) is 0. The zero-order chi connectivity index (χ0) is 26.9. The smallest absolute Gasteiger partial charge is 0.194 e. The van der Waals surface area contributed by atoms with E-state index in [1.54, 1.807) is 6.07 Å². The predicted molar refractivity (Wildman–Crippen MR) is 127 cm³/mol. The first kappa shape index (κ1) is 26.1. The average Bonchev–Trinajstić information content (AvgIpc) is 2.86. The maximum Gasteiger partial charge on any atom is 0.194 e. The van der Waals surface area contributed by atoms with Crippen molar-refractivity contribution >= 4 is 11.7 Å². The molecule has 8 heteroatoms. The Bertz CT molecular complexity index is 1460. The average molecular weight is 518 g/mol. The molecule has 0 spiro atoms. The van der Waals surface area contributed by atoms with Gasteiger partial charge >= 0.3 is 0 Å². The van der Waals surface area contributed by atoms with Gasteiger partial charge in [-0.3, -0.25) is 0 Å². The summed E-state index contributed by atoms with van der Waals surface area (Å²) < 4.78 is 113. The van der Waals surface area contributed by atoms with Crippen LogP contribution in [0.25, 0.3) is 33.9 Å². The Labute approximate surface area is 207 Å². The van der Waals surface area contributed by atoms with Crippen LogP contribution in [0.15, 0.2) is 66.7 Å². The molecule has 0 unspecified atom stereocenters. The molecule has 0 saturated heterocycles. The second-order valence-corrected chi connectivity index (χ2v) is 8.34. The SMILES string of the molecule is CCCc1ccc(-c2ccc(-c3cc(F)c(C(F)=C(F)c4cc(F)c(F)c(F)c4)c(F)c3)c(F)c2)cc1. The van der Waals surface area contributed by atoms with E-state index in [4.69, 9.17) is 0 Å². The molecule has 37 heavy (non-hydrogen) atoms. The molecule has 0 heterocycles. The number of benzene rings is 4. The van der Waals surface area contributed by atoms with Crippen LogP contribution in [0.4, 0.5) is 35.1 Å². The van der Waals surface area contributed by atoms with Crippen LogP contribution in [0, 0.1) is 34.9 Å². The molecule has 190 valence electrons. The summed E-state index contributed by atoms with van der Waals surface area (Å²) in [6.45, 7) is 2.05. The lowest BCUT2D eigenvalue weighted by Crippen LogP contribution is -1.98. The maximum absolute atomic E-state index is 14.9. The first-order chi connectivity index (χ1) is 17.6. The second-order valence-electron chi connectivity index (χ2n) is 8.34. The lowest BCUT2D eigenvalue weighted by atomic mass is 9.97. The molecule has 4 aromatic carbocycles. The van der Waals surface area contributed by atoms with E-state index in [9.17, 15) is 35.1 Å². The fourth-order valence-corrected chi connectivity index (χ4v) is 3.94. The van der Waals surface area contributed by atoms with Crippen LogP contribution in [0.1, 0.15) is 30.0 Å². The molecule has 0 saturated carbocycles. The summed E-state index contributed by atoms with van der Waals surface area (Å²) in [4.78, 5) is 0. The fraction of sp³-hybridized carbons (Fsp3) is 0.103. The van der Waals surface area contributed by atoms with Gasteiger partial charge in [-0.05, 0) is 59.0 Å². The summed E-state index contributed by atoms with van der Waals surface area (Å²) in [6, 6.07) is 13.0. The maximum atomic E-state index is 14.9. The van der Waals surface area contributed by atoms with E-state index in [0.29, 0.717) is 17.7 Å². The molecule has 0 atom stereocenters. The summed E-state index contributed by atoms with van der Waals surface area (Å²) in [5.41, 5.74) is -0.652. The van der Waals surface area contributed by atoms with Gasteiger partial charge < -0.3 is 0 Å².